The van der Waals surface area contributed by atoms with E-state index in [4.69, 9.17) is 14.2 Å². The van der Waals surface area contributed by atoms with Crippen molar-refractivity contribution in [2.24, 2.45) is 0 Å². The van der Waals surface area contributed by atoms with Crippen LogP contribution in [0.25, 0.3) is 0 Å². The molecule has 0 aromatic heterocycles. The summed E-state index contributed by atoms with van der Waals surface area (Å²) in [4.78, 5) is 12.0. The summed E-state index contributed by atoms with van der Waals surface area (Å²) >= 11 is 0. The van der Waals surface area contributed by atoms with E-state index in [0.717, 1.165) is 11.3 Å². The zero-order valence-electron chi connectivity index (χ0n) is 14.8. The first-order valence-corrected chi connectivity index (χ1v) is 8.15. The molecule has 0 fully saturated rings. The summed E-state index contributed by atoms with van der Waals surface area (Å²) in [6.07, 6.45) is 0.683. The Labute approximate surface area is 148 Å². The maximum absolute atomic E-state index is 12.0. The van der Waals surface area contributed by atoms with Crippen molar-refractivity contribution in [2.45, 2.75) is 13.3 Å². The second-order valence-electron chi connectivity index (χ2n) is 5.25. The Hall–Kier alpha value is -2.89. The number of anilines is 1. The van der Waals surface area contributed by atoms with Gasteiger partial charge in [0.1, 0.15) is 5.75 Å². The van der Waals surface area contributed by atoms with Crippen LogP contribution in [0.1, 0.15) is 12.5 Å². The summed E-state index contributed by atoms with van der Waals surface area (Å²) in [5.41, 5.74) is 1.68. The average molecular weight is 344 g/mol. The molecule has 0 bridgehead atoms. The van der Waals surface area contributed by atoms with Crippen LogP contribution in [0.5, 0.6) is 17.2 Å². The summed E-state index contributed by atoms with van der Waals surface area (Å²) in [6, 6.07) is 12.8. The molecule has 0 saturated heterocycles. The van der Waals surface area contributed by atoms with Crippen LogP contribution in [0.2, 0.25) is 0 Å². The van der Waals surface area contributed by atoms with Gasteiger partial charge >= 0.3 is 6.03 Å². The summed E-state index contributed by atoms with van der Waals surface area (Å²) in [7, 11) is 3.18. The van der Waals surface area contributed by atoms with Crippen molar-refractivity contribution < 1.29 is 19.0 Å². The minimum atomic E-state index is -0.276. The molecule has 6 nitrogen and oxygen atoms in total. The number of hydrogen-bond donors (Lipinski definition) is 2. The maximum atomic E-state index is 12.0. The zero-order chi connectivity index (χ0) is 18.1. The topological polar surface area (TPSA) is 68.8 Å². The van der Waals surface area contributed by atoms with Crippen molar-refractivity contribution >= 4 is 11.7 Å². The third kappa shape index (κ3) is 5.31. The fourth-order valence-corrected chi connectivity index (χ4v) is 2.38. The SMILES string of the molecule is CCOc1ccc(CCNC(=O)Nc2ccccc2OC)cc1OC. The minimum Gasteiger partial charge on any atom is -0.495 e. The molecule has 0 spiro atoms. The maximum Gasteiger partial charge on any atom is 0.319 e. The summed E-state index contributed by atoms with van der Waals surface area (Å²) < 4.78 is 16.0. The van der Waals surface area contributed by atoms with Crippen molar-refractivity contribution in [2.75, 3.05) is 32.7 Å². The summed E-state index contributed by atoms with van der Waals surface area (Å²) in [6.45, 7) is 3.01. The van der Waals surface area contributed by atoms with Crippen molar-refractivity contribution in [3.8, 4) is 17.2 Å². The number of para-hydroxylation sites is 2. The second kappa shape index (κ2) is 9.42. The molecule has 0 aliphatic heterocycles. The number of nitrogens with one attached hydrogen (secondary N) is 2. The quantitative estimate of drug-likeness (QED) is 0.769. The first-order valence-electron chi connectivity index (χ1n) is 8.15. The van der Waals surface area contributed by atoms with Crippen molar-refractivity contribution in [1.82, 2.24) is 5.32 Å². The second-order valence-corrected chi connectivity index (χ2v) is 5.25. The number of hydrogen-bond acceptors (Lipinski definition) is 4. The van der Waals surface area contributed by atoms with E-state index in [0.29, 0.717) is 36.8 Å². The molecule has 2 rings (SSSR count). The van der Waals surface area contributed by atoms with Crippen LogP contribution in [0.3, 0.4) is 0 Å². The Morgan fingerprint density at radius 3 is 2.48 bits per heavy atom. The van der Waals surface area contributed by atoms with Crippen LogP contribution >= 0.6 is 0 Å². The number of amides is 2. The highest BCUT2D eigenvalue weighted by Gasteiger charge is 2.08. The Balaban J connectivity index is 1.86. The molecule has 6 heteroatoms. The van der Waals surface area contributed by atoms with E-state index in [1.807, 2.05) is 37.3 Å². The highest BCUT2D eigenvalue weighted by atomic mass is 16.5. The van der Waals surface area contributed by atoms with Gasteiger partial charge in [-0.2, -0.15) is 0 Å². The molecule has 2 N–H and O–H groups in total. The first-order chi connectivity index (χ1) is 12.2. The molecule has 2 aromatic carbocycles. The van der Waals surface area contributed by atoms with Gasteiger partial charge in [0.25, 0.3) is 0 Å². The standard InChI is InChI=1S/C19H24N2O4/c1-4-25-17-10-9-14(13-18(17)24-3)11-12-20-19(22)21-15-7-5-6-8-16(15)23-2/h5-10,13H,4,11-12H2,1-3H3,(H2,20,21,22). The van der Waals surface area contributed by atoms with E-state index < -0.39 is 0 Å². The van der Waals surface area contributed by atoms with Gasteiger partial charge in [0, 0.05) is 6.54 Å². The Morgan fingerprint density at radius 2 is 1.76 bits per heavy atom. The third-order valence-electron chi connectivity index (χ3n) is 3.58. The fourth-order valence-electron chi connectivity index (χ4n) is 2.38. The number of carbonyl (C=O) groups excluding carboxylic acids is 1. The van der Waals surface area contributed by atoms with E-state index in [9.17, 15) is 4.79 Å². The number of ether oxygens (including phenoxy) is 3. The van der Waals surface area contributed by atoms with Crippen LogP contribution in [0, 0.1) is 0 Å². The zero-order valence-corrected chi connectivity index (χ0v) is 14.8. The van der Waals surface area contributed by atoms with Gasteiger partial charge in [0.2, 0.25) is 0 Å². The van der Waals surface area contributed by atoms with E-state index >= 15 is 0 Å². The normalized spacial score (nSPS) is 10.0. The van der Waals surface area contributed by atoms with Crippen LogP contribution in [0.4, 0.5) is 10.5 Å². The molecule has 2 aromatic rings. The predicted molar refractivity (Wildman–Crippen MR) is 97.9 cm³/mol. The van der Waals surface area contributed by atoms with Crippen molar-refractivity contribution in [3.05, 3.63) is 48.0 Å². The predicted octanol–water partition coefficient (Wildman–Crippen LogP) is 3.47. The van der Waals surface area contributed by atoms with Crippen LogP contribution in [0.15, 0.2) is 42.5 Å². The van der Waals surface area contributed by atoms with Gasteiger partial charge in [-0.1, -0.05) is 18.2 Å². The molecule has 2 amide bonds. The van der Waals surface area contributed by atoms with Crippen LogP contribution in [-0.2, 0) is 6.42 Å². The number of urea groups is 1. The van der Waals surface area contributed by atoms with E-state index in [-0.39, 0.29) is 6.03 Å². The monoisotopic (exact) mass is 344 g/mol. The lowest BCUT2D eigenvalue weighted by Gasteiger charge is -2.12. The molecule has 0 heterocycles. The van der Waals surface area contributed by atoms with E-state index in [1.165, 1.54) is 0 Å². The van der Waals surface area contributed by atoms with Crippen molar-refractivity contribution in [3.63, 3.8) is 0 Å². The van der Waals surface area contributed by atoms with Gasteiger partial charge in [-0.3, -0.25) is 0 Å². The van der Waals surface area contributed by atoms with Crippen molar-refractivity contribution in [1.29, 1.82) is 0 Å². The van der Waals surface area contributed by atoms with Gasteiger partial charge < -0.3 is 24.8 Å². The highest BCUT2D eigenvalue weighted by molar-refractivity contribution is 5.90. The van der Waals surface area contributed by atoms with Crippen LogP contribution < -0.4 is 24.8 Å². The first kappa shape index (κ1) is 18.4. The van der Waals surface area contributed by atoms with Gasteiger partial charge in [-0.15, -0.1) is 0 Å². The number of carbonyl (C=O) groups is 1. The van der Waals surface area contributed by atoms with Gasteiger partial charge in [0.05, 0.1) is 26.5 Å². The molecule has 0 unspecified atom stereocenters. The van der Waals surface area contributed by atoms with Gasteiger partial charge in [-0.25, -0.2) is 4.79 Å². The smallest absolute Gasteiger partial charge is 0.319 e. The molecule has 0 atom stereocenters. The van der Waals surface area contributed by atoms with Gasteiger partial charge in [-0.05, 0) is 43.2 Å². The Kier molecular flexibility index (Phi) is 6.95. The molecule has 0 saturated carbocycles. The number of benzene rings is 2. The Bertz CT molecular complexity index is 704. The average Bonchev–Trinajstić information content (AvgIpc) is 2.63. The highest BCUT2D eigenvalue weighted by Crippen LogP contribution is 2.28. The molecule has 0 aliphatic rings. The number of methoxy groups -OCH3 is 2. The lowest BCUT2D eigenvalue weighted by molar-refractivity contribution is 0.252. The molecular weight excluding hydrogens is 320 g/mol. The molecular formula is C19H24N2O4. The number of rotatable bonds is 8. The lowest BCUT2D eigenvalue weighted by Crippen LogP contribution is -2.30. The molecule has 0 aliphatic carbocycles. The summed E-state index contributed by atoms with van der Waals surface area (Å²) in [5.74, 6) is 2.03. The minimum absolute atomic E-state index is 0.276. The van der Waals surface area contributed by atoms with Crippen LogP contribution in [-0.4, -0.2) is 33.4 Å². The molecule has 134 valence electrons. The Morgan fingerprint density at radius 1 is 1.00 bits per heavy atom. The van der Waals surface area contributed by atoms with Gasteiger partial charge in [0.15, 0.2) is 11.5 Å². The van der Waals surface area contributed by atoms with E-state index in [1.54, 1.807) is 26.4 Å². The molecule has 0 radical (unpaired) electrons. The molecule has 25 heavy (non-hydrogen) atoms. The largest absolute Gasteiger partial charge is 0.495 e. The summed E-state index contributed by atoms with van der Waals surface area (Å²) in [5, 5.41) is 5.61. The lowest BCUT2D eigenvalue weighted by atomic mass is 10.1. The fraction of sp³-hybridized carbons (Fsp3) is 0.316. The van der Waals surface area contributed by atoms with E-state index in [2.05, 4.69) is 10.6 Å². The third-order valence-corrected chi connectivity index (χ3v) is 3.58.